The Labute approximate surface area is 131 Å². The van der Waals surface area contributed by atoms with Crippen molar-refractivity contribution in [2.75, 3.05) is 36.5 Å². The highest BCUT2D eigenvalue weighted by atomic mass is 16.2. The van der Waals surface area contributed by atoms with E-state index in [0.29, 0.717) is 6.54 Å². The maximum atomic E-state index is 12.6. The summed E-state index contributed by atoms with van der Waals surface area (Å²) in [6, 6.07) is 18.0. The van der Waals surface area contributed by atoms with Crippen LogP contribution in [0.5, 0.6) is 0 Å². The van der Waals surface area contributed by atoms with Crippen molar-refractivity contribution in [3.05, 3.63) is 60.2 Å². The zero-order valence-corrected chi connectivity index (χ0v) is 12.8. The predicted octanol–water partition coefficient (Wildman–Crippen LogP) is 2.26. The van der Waals surface area contributed by atoms with Gasteiger partial charge in [-0.05, 0) is 23.8 Å². The second-order valence-corrected chi connectivity index (χ2v) is 5.52. The summed E-state index contributed by atoms with van der Waals surface area (Å²) in [5.74, 6) is 0.0999. The Morgan fingerprint density at radius 1 is 1.14 bits per heavy atom. The van der Waals surface area contributed by atoms with Crippen LogP contribution >= 0.6 is 0 Å². The number of fused-ring (bicyclic) bond motifs is 1. The fraction of sp³-hybridized carbons (Fsp3) is 0.278. The lowest BCUT2D eigenvalue weighted by Gasteiger charge is -2.26. The number of benzene rings is 2. The molecular formula is C18H21N3O. The van der Waals surface area contributed by atoms with E-state index < -0.39 is 0 Å². The van der Waals surface area contributed by atoms with Crippen LogP contribution in [0.25, 0.3) is 0 Å². The van der Waals surface area contributed by atoms with Crippen molar-refractivity contribution in [2.45, 2.75) is 6.54 Å². The first kappa shape index (κ1) is 14.6. The Bertz CT molecular complexity index is 642. The van der Waals surface area contributed by atoms with Crippen molar-refractivity contribution in [1.82, 2.24) is 5.32 Å². The predicted molar refractivity (Wildman–Crippen MR) is 90.2 cm³/mol. The number of para-hydroxylation sites is 2. The molecule has 0 saturated heterocycles. The summed E-state index contributed by atoms with van der Waals surface area (Å²) in [7, 11) is 1.83. The van der Waals surface area contributed by atoms with Gasteiger partial charge in [0.05, 0.1) is 6.54 Å². The van der Waals surface area contributed by atoms with Gasteiger partial charge in [0.2, 0.25) is 5.91 Å². The topological polar surface area (TPSA) is 35.6 Å². The number of hydrogen-bond acceptors (Lipinski definition) is 3. The molecule has 1 heterocycles. The monoisotopic (exact) mass is 295 g/mol. The molecule has 0 bridgehead atoms. The lowest BCUT2D eigenvalue weighted by Crippen LogP contribution is -2.40. The molecule has 4 nitrogen and oxygen atoms in total. The smallest absolute Gasteiger partial charge is 0.246 e. The molecule has 0 aliphatic carbocycles. The van der Waals surface area contributed by atoms with Gasteiger partial charge in [0.1, 0.15) is 0 Å². The molecule has 4 heteroatoms. The third-order valence-electron chi connectivity index (χ3n) is 4.05. The van der Waals surface area contributed by atoms with Crippen LogP contribution in [0.1, 0.15) is 5.56 Å². The number of nitrogens with one attached hydrogen (secondary N) is 1. The quantitative estimate of drug-likeness (QED) is 0.943. The van der Waals surface area contributed by atoms with Crippen LogP contribution in [0.4, 0.5) is 11.4 Å². The molecule has 0 aromatic heterocycles. The molecule has 0 spiro atoms. The number of rotatable bonds is 3. The molecule has 1 aliphatic rings. The van der Waals surface area contributed by atoms with Crippen LogP contribution < -0.4 is 15.1 Å². The molecule has 3 rings (SSSR count). The number of carbonyl (C=O) groups is 1. The van der Waals surface area contributed by atoms with Crippen LogP contribution in [0, 0.1) is 0 Å². The number of likely N-dealkylation sites (N-methyl/N-ethyl adjacent to an activating group) is 1. The van der Waals surface area contributed by atoms with Gasteiger partial charge in [-0.1, -0.05) is 36.4 Å². The molecule has 1 N–H and O–H groups in total. The average Bonchev–Trinajstić information content (AvgIpc) is 2.77. The average molecular weight is 295 g/mol. The summed E-state index contributed by atoms with van der Waals surface area (Å²) < 4.78 is 0. The van der Waals surface area contributed by atoms with Gasteiger partial charge >= 0.3 is 0 Å². The zero-order chi connectivity index (χ0) is 15.4. The minimum Gasteiger partial charge on any atom is -0.361 e. The molecule has 2 aromatic carbocycles. The van der Waals surface area contributed by atoms with E-state index >= 15 is 0 Å². The zero-order valence-electron chi connectivity index (χ0n) is 12.8. The van der Waals surface area contributed by atoms with Gasteiger partial charge in [0.25, 0.3) is 0 Å². The third kappa shape index (κ3) is 3.12. The summed E-state index contributed by atoms with van der Waals surface area (Å²) in [4.78, 5) is 16.5. The van der Waals surface area contributed by atoms with E-state index in [1.807, 2.05) is 49.5 Å². The molecule has 0 radical (unpaired) electrons. The van der Waals surface area contributed by atoms with Gasteiger partial charge in [-0.25, -0.2) is 0 Å². The first-order valence-corrected chi connectivity index (χ1v) is 7.61. The maximum Gasteiger partial charge on any atom is 0.246 e. The standard InChI is InChI=1S/C18H21N3O/c1-20(16-8-3-2-4-9-16)18(22)14-21-12-11-19-13-15-7-5-6-10-17(15)21/h2-10,19H,11-14H2,1H3. The molecule has 1 aliphatic heterocycles. The van der Waals surface area contributed by atoms with Crippen molar-refractivity contribution < 1.29 is 4.79 Å². The summed E-state index contributed by atoms with van der Waals surface area (Å²) >= 11 is 0. The van der Waals surface area contributed by atoms with E-state index in [-0.39, 0.29) is 5.91 Å². The van der Waals surface area contributed by atoms with Gasteiger partial charge in [0, 0.05) is 38.1 Å². The van der Waals surface area contributed by atoms with Crippen LogP contribution in [0.2, 0.25) is 0 Å². The second-order valence-electron chi connectivity index (χ2n) is 5.52. The van der Waals surface area contributed by atoms with Crippen LogP contribution in [-0.2, 0) is 11.3 Å². The second kappa shape index (κ2) is 6.62. The normalized spacial score (nSPS) is 14.1. The summed E-state index contributed by atoms with van der Waals surface area (Å²) in [6.07, 6.45) is 0. The van der Waals surface area contributed by atoms with Crippen molar-refractivity contribution >= 4 is 17.3 Å². The Balaban J connectivity index is 1.76. The maximum absolute atomic E-state index is 12.6. The largest absolute Gasteiger partial charge is 0.361 e. The number of nitrogens with zero attached hydrogens (tertiary/aromatic N) is 2. The molecule has 1 amide bonds. The molecule has 0 saturated carbocycles. The van der Waals surface area contributed by atoms with Gasteiger partial charge < -0.3 is 15.1 Å². The van der Waals surface area contributed by atoms with E-state index in [9.17, 15) is 4.79 Å². The molecule has 0 unspecified atom stereocenters. The van der Waals surface area contributed by atoms with Gasteiger partial charge in [-0.2, -0.15) is 0 Å². The number of amides is 1. The summed E-state index contributed by atoms with van der Waals surface area (Å²) in [6.45, 7) is 2.97. The van der Waals surface area contributed by atoms with E-state index in [1.54, 1.807) is 4.90 Å². The molecule has 22 heavy (non-hydrogen) atoms. The van der Waals surface area contributed by atoms with Gasteiger partial charge in [0.15, 0.2) is 0 Å². The van der Waals surface area contributed by atoms with Crippen molar-refractivity contribution in [3.63, 3.8) is 0 Å². The highest BCUT2D eigenvalue weighted by Gasteiger charge is 2.19. The minimum atomic E-state index is 0.0999. The first-order chi connectivity index (χ1) is 10.8. The van der Waals surface area contributed by atoms with Gasteiger partial charge in [-0.15, -0.1) is 0 Å². The molecule has 114 valence electrons. The van der Waals surface area contributed by atoms with Crippen LogP contribution in [-0.4, -0.2) is 32.6 Å². The molecule has 0 atom stereocenters. The SMILES string of the molecule is CN(C(=O)CN1CCNCc2ccccc21)c1ccccc1. The highest BCUT2D eigenvalue weighted by molar-refractivity contribution is 5.96. The number of carbonyl (C=O) groups excluding carboxylic acids is 1. The highest BCUT2D eigenvalue weighted by Crippen LogP contribution is 2.22. The van der Waals surface area contributed by atoms with Crippen molar-refractivity contribution in [2.24, 2.45) is 0 Å². The summed E-state index contributed by atoms with van der Waals surface area (Å²) in [5.41, 5.74) is 3.33. The number of hydrogen-bond donors (Lipinski definition) is 1. The van der Waals surface area contributed by atoms with Crippen LogP contribution in [0.3, 0.4) is 0 Å². The third-order valence-corrected chi connectivity index (χ3v) is 4.05. The van der Waals surface area contributed by atoms with E-state index in [2.05, 4.69) is 22.3 Å². The molecule has 2 aromatic rings. The van der Waals surface area contributed by atoms with Crippen LogP contribution in [0.15, 0.2) is 54.6 Å². The Morgan fingerprint density at radius 3 is 2.68 bits per heavy atom. The Morgan fingerprint density at radius 2 is 1.86 bits per heavy atom. The van der Waals surface area contributed by atoms with Crippen molar-refractivity contribution in [1.29, 1.82) is 0 Å². The minimum absolute atomic E-state index is 0.0999. The Kier molecular flexibility index (Phi) is 4.39. The van der Waals surface area contributed by atoms with E-state index in [0.717, 1.165) is 31.0 Å². The molecule has 0 fully saturated rings. The van der Waals surface area contributed by atoms with E-state index in [4.69, 9.17) is 0 Å². The van der Waals surface area contributed by atoms with Crippen molar-refractivity contribution in [3.8, 4) is 0 Å². The Hall–Kier alpha value is -2.33. The fourth-order valence-electron chi connectivity index (χ4n) is 2.76. The van der Waals surface area contributed by atoms with E-state index in [1.165, 1.54) is 5.56 Å². The lowest BCUT2D eigenvalue weighted by molar-refractivity contribution is -0.117. The molecular weight excluding hydrogens is 274 g/mol. The number of anilines is 2. The lowest BCUT2D eigenvalue weighted by atomic mass is 10.1. The summed E-state index contributed by atoms with van der Waals surface area (Å²) in [5, 5.41) is 3.40. The fourth-order valence-corrected chi connectivity index (χ4v) is 2.76. The first-order valence-electron chi connectivity index (χ1n) is 7.61. The van der Waals surface area contributed by atoms with Gasteiger partial charge in [-0.3, -0.25) is 4.79 Å².